The van der Waals surface area contributed by atoms with Crippen molar-refractivity contribution in [3.63, 3.8) is 0 Å². The molecular formula is C11H13ClO2. The highest BCUT2D eigenvalue weighted by Crippen LogP contribution is 2.16. The number of aliphatic carboxylic acids is 1. The highest BCUT2D eigenvalue weighted by atomic mass is 35.5. The van der Waals surface area contributed by atoms with Crippen molar-refractivity contribution in [3.05, 3.63) is 35.9 Å². The first-order chi connectivity index (χ1) is 6.61. The van der Waals surface area contributed by atoms with Crippen molar-refractivity contribution >= 4 is 17.6 Å². The van der Waals surface area contributed by atoms with E-state index < -0.39 is 11.3 Å². The van der Waals surface area contributed by atoms with Crippen molar-refractivity contribution in [2.75, 3.05) is 0 Å². The monoisotopic (exact) mass is 212 g/mol. The lowest BCUT2D eigenvalue weighted by Gasteiger charge is -2.13. The third-order valence-corrected chi connectivity index (χ3v) is 2.75. The van der Waals surface area contributed by atoms with Gasteiger partial charge in [-0.25, -0.2) is 0 Å². The van der Waals surface area contributed by atoms with Gasteiger partial charge in [0.05, 0.1) is 0 Å². The minimum atomic E-state index is -0.949. The van der Waals surface area contributed by atoms with Crippen LogP contribution in [-0.4, -0.2) is 16.5 Å². The fraction of sp³-hybridized carbons (Fsp3) is 0.364. The summed E-state index contributed by atoms with van der Waals surface area (Å²) in [6, 6.07) is 9.76. The van der Waals surface area contributed by atoms with Crippen molar-refractivity contribution in [2.24, 2.45) is 5.92 Å². The SMILES string of the molecule is CC(Cc1ccccc1)C(Cl)C(=O)O. The fourth-order valence-electron chi connectivity index (χ4n) is 1.33. The molecule has 0 saturated carbocycles. The number of benzene rings is 1. The molecule has 0 radical (unpaired) electrons. The normalized spacial score (nSPS) is 14.7. The Morgan fingerprint density at radius 2 is 2.00 bits per heavy atom. The predicted octanol–water partition coefficient (Wildman–Crippen LogP) is 2.56. The Balaban J connectivity index is 2.57. The summed E-state index contributed by atoms with van der Waals surface area (Å²) < 4.78 is 0. The molecule has 0 amide bonds. The number of carbonyl (C=O) groups is 1. The molecule has 0 aliphatic heterocycles. The molecule has 0 heterocycles. The largest absolute Gasteiger partial charge is 0.480 e. The maximum atomic E-state index is 10.6. The minimum Gasteiger partial charge on any atom is -0.480 e. The second-order valence-corrected chi connectivity index (χ2v) is 3.88. The number of carboxylic acid groups (broad SMARTS) is 1. The molecule has 2 unspecified atom stereocenters. The second-order valence-electron chi connectivity index (χ2n) is 3.41. The van der Waals surface area contributed by atoms with Gasteiger partial charge in [-0.05, 0) is 17.9 Å². The number of hydrogen-bond acceptors (Lipinski definition) is 1. The molecule has 2 nitrogen and oxygen atoms in total. The fourth-order valence-corrected chi connectivity index (χ4v) is 1.42. The van der Waals surface area contributed by atoms with E-state index in [9.17, 15) is 4.79 Å². The minimum absolute atomic E-state index is 0.0587. The van der Waals surface area contributed by atoms with E-state index in [4.69, 9.17) is 16.7 Å². The van der Waals surface area contributed by atoms with Crippen LogP contribution >= 0.6 is 11.6 Å². The van der Waals surface area contributed by atoms with Crippen molar-refractivity contribution in [2.45, 2.75) is 18.7 Å². The summed E-state index contributed by atoms with van der Waals surface area (Å²) in [5.74, 6) is -1.01. The summed E-state index contributed by atoms with van der Waals surface area (Å²) in [7, 11) is 0. The van der Waals surface area contributed by atoms with Crippen LogP contribution in [0.15, 0.2) is 30.3 Å². The Kier molecular flexibility index (Phi) is 3.96. The smallest absolute Gasteiger partial charge is 0.321 e. The molecule has 0 aromatic heterocycles. The summed E-state index contributed by atoms with van der Waals surface area (Å²) in [6.45, 7) is 1.85. The zero-order chi connectivity index (χ0) is 10.6. The van der Waals surface area contributed by atoms with Gasteiger partial charge in [0.15, 0.2) is 0 Å². The molecule has 0 fully saturated rings. The van der Waals surface area contributed by atoms with Crippen LogP contribution in [0.3, 0.4) is 0 Å². The van der Waals surface area contributed by atoms with Gasteiger partial charge in [-0.2, -0.15) is 0 Å². The molecule has 14 heavy (non-hydrogen) atoms. The maximum Gasteiger partial charge on any atom is 0.321 e. The van der Waals surface area contributed by atoms with Gasteiger partial charge in [0, 0.05) is 0 Å². The Morgan fingerprint density at radius 1 is 1.43 bits per heavy atom. The lowest BCUT2D eigenvalue weighted by molar-refractivity contribution is -0.137. The van der Waals surface area contributed by atoms with E-state index in [2.05, 4.69) is 0 Å². The van der Waals surface area contributed by atoms with Crippen LogP contribution in [0.1, 0.15) is 12.5 Å². The van der Waals surface area contributed by atoms with Crippen LogP contribution in [0.2, 0.25) is 0 Å². The predicted molar refractivity (Wildman–Crippen MR) is 56.6 cm³/mol. The van der Waals surface area contributed by atoms with E-state index in [-0.39, 0.29) is 5.92 Å². The van der Waals surface area contributed by atoms with Crippen LogP contribution in [0.4, 0.5) is 0 Å². The highest BCUT2D eigenvalue weighted by Gasteiger charge is 2.21. The van der Waals surface area contributed by atoms with Crippen molar-refractivity contribution in [1.82, 2.24) is 0 Å². The zero-order valence-corrected chi connectivity index (χ0v) is 8.74. The second kappa shape index (κ2) is 5.01. The Morgan fingerprint density at radius 3 is 2.50 bits per heavy atom. The number of halogens is 1. The van der Waals surface area contributed by atoms with Crippen LogP contribution in [0, 0.1) is 5.92 Å². The molecule has 1 rings (SSSR count). The van der Waals surface area contributed by atoms with Crippen molar-refractivity contribution < 1.29 is 9.90 Å². The average Bonchev–Trinajstić information content (AvgIpc) is 2.18. The van der Waals surface area contributed by atoms with Crippen LogP contribution in [-0.2, 0) is 11.2 Å². The summed E-state index contributed by atoms with van der Waals surface area (Å²) in [5.41, 5.74) is 1.12. The molecule has 3 heteroatoms. The maximum absolute atomic E-state index is 10.6. The van der Waals surface area contributed by atoms with Gasteiger partial charge in [-0.1, -0.05) is 37.3 Å². The lowest BCUT2D eigenvalue weighted by Crippen LogP contribution is -2.23. The molecule has 1 aromatic rings. The number of alkyl halides is 1. The van der Waals surface area contributed by atoms with Gasteiger partial charge >= 0.3 is 5.97 Å². The zero-order valence-electron chi connectivity index (χ0n) is 7.98. The van der Waals surface area contributed by atoms with Crippen molar-refractivity contribution in [1.29, 1.82) is 0 Å². The third-order valence-electron chi connectivity index (χ3n) is 2.14. The summed E-state index contributed by atoms with van der Waals surface area (Å²) in [6.07, 6.45) is 0.696. The Hall–Kier alpha value is -1.02. The number of hydrogen-bond donors (Lipinski definition) is 1. The summed E-state index contributed by atoms with van der Waals surface area (Å²) in [4.78, 5) is 10.6. The third kappa shape index (κ3) is 3.04. The molecule has 76 valence electrons. The Bertz CT molecular complexity index is 297. The molecule has 0 saturated heterocycles. The van der Waals surface area contributed by atoms with Gasteiger partial charge in [0.25, 0.3) is 0 Å². The standard InChI is InChI=1S/C11H13ClO2/c1-8(10(12)11(13)14)7-9-5-3-2-4-6-9/h2-6,8,10H,7H2,1H3,(H,13,14). The molecular weight excluding hydrogens is 200 g/mol. The molecule has 0 bridgehead atoms. The quantitative estimate of drug-likeness (QED) is 0.779. The van der Waals surface area contributed by atoms with Crippen LogP contribution < -0.4 is 0 Å². The molecule has 0 aliphatic carbocycles. The van der Waals surface area contributed by atoms with E-state index in [0.717, 1.165) is 5.56 Å². The first kappa shape index (κ1) is 11.1. The van der Waals surface area contributed by atoms with Gasteiger partial charge in [-0.15, -0.1) is 11.6 Å². The first-order valence-electron chi connectivity index (χ1n) is 4.52. The molecule has 0 spiro atoms. The van der Waals surface area contributed by atoms with Crippen LogP contribution in [0.5, 0.6) is 0 Å². The lowest BCUT2D eigenvalue weighted by atomic mass is 9.98. The van der Waals surface area contributed by atoms with E-state index in [1.165, 1.54) is 0 Å². The van der Waals surface area contributed by atoms with Crippen molar-refractivity contribution in [3.8, 4) is 0 Å². The molecule has 2 atom stereocenters. The van der Waals surface area contributed by atoms with Crippen LogP contribution in [0.25, 0.3) is 0 Å². The summed E-state index contributed by atoms with van der Waals surface area (Å²) in [5, 5.41) is 7.89. The molecule has 1 aromatic carbocycles. The van der Waals surface area contributed by atoms with Gasteiger partial charge in [0.1, 0.15) is 5.38 Å². The average molecular weight is 213 g/mol. The number of carboxylic acids is 1. The van der Waals surface area contributed by atoms with E-state index >= 15 is 0 Å². The topological polar surface area (TPSA) is 37.3 Å². The van der Waals surface area contributed by atoms with E-state index in [1.54, 1.807) is 0 Å². The summed E-state index contributed by atoms with van der Waals surface area (Å²) >= 11 is 5.72. The van der Waals surface area contributed by atoms with Gasteiger partial charge < -0.3 is 5.11 Å². The Labute approximate surface area is 88.5 Å². The first-order valence-corrected chi connectivity index (χ1v) is 4.95. The van der Waals surface area contributed by atoms with E-state index in [0.29, 0.717) is 6.42 Å². The van der Waals surface area contributed by atoms with E-state index in [1.807, 2.05) is 37.3 Å². The highest BCUT2D eigenvalue weighted by molar-refractivity contribution is 6.29. The van der Waals surface area contributed by atoms with Gasteiger partial charge in [-0.3, -0.25) is 4.79 Å². The number of rotatable bonds is 4. The van der Waals surface area contributed by atoms with Gasteiger partial charge in [0.2, 0.25) is 0 Å². The molecule has 0 aliphatic rings. The molecule has 1 N–H and O–H groups in total.